The van der Waals surface area contributed by atoms with Crippen molar-refractivity contribution in [1.29, 1.82) is 0 Å². The van der Waals surface area contributed by atoms with Crippen LogP contribution in [-0.4, -0.2) is 28.6 Å². The molecule has 5 nitrogen and oxygen atoms in total. The molecule has 0 bridgehead atoms. The van der Waals surface area contributed by atoms with Gasteiger partial charge in [-0.3, -0.25) is 4.98 Å². The number of aryl methyl sites for hydroxylation is 1. The minimum atomic E-state index is 0.397. The third-order valence-electron chi connectivity index (χ3n) is 2.92. The number of aromatic nitrogens is 3. The fourth-order valence-corrected chi connectivity index (χ4v) is 1.90. The summed E-state index contributed by atoms with van der Waals surface area (Å²) in [6, 6.07) is 3.94. The molecule has 106 valence electrons. The van der Waals surface area contributed by atoms with Crippen molar-refractivity contribution >= 4 is 5.82 Å². The maximum Gasteiger partial charge on any atom is 0.157 e. The molecule has 2 rings (SSSR count). The highest BCUT2D eigenvalue weighted by atomic mass is 16.5. The number of methoxy groups -OCH3 is 1. The van der Waals surface area contributed by atoms with Crippen molar-refractivity contribution in [2.75, 3.05) is 19.0 Å². The third-order valence-corrected chi connectivity index (χ3v) is 2.92. The van der Waals surface area contributed by atoms with Crippen LogP contribution >= 0.6 is 0 Å². The summed E-state index contributed by atoms with van der Waals surface area (Å²) in [7, 11) is 1.64. The fourth-order valence-electron chi connectivity index (χ4n) is 1.90. The highest BCUT2D eigenvalue weighted by molar-refractivity contribution is 5.64. The summed E-state index contributed by atoms with van der Waals surface area (Å²) in [4.78, 5) is 13.2. The van der Waals surface area contributed by atoms with Crippen LogP contribution in [0, 0.1) is 6.92 Å². The second-order valence-electron chi connectivity index (χ2n) is 4.61. The Labute approximate surface area is 119 Å². The van der Waals surface area contributed by atoms with Gasteiger partial charge in [-0.05, 0) is 25.0 Å². The summed E-state index contributed by atoms with van der Waals surface area (Å²) in [5, 5.41) is 3.30. The largest absolute Gasteiger partial charge is 0.377 e. The van der Waals surface area contributed by atoms with Crippen LogP contribution in [0.3, 0.4) is 0 Å². The van der Waals surface area contributed by atoms with E-state index < -0.39 is 0 Å². The molecule has 0 unspecified atom stereocenters. The van der Waals surface area contributed by atoms with E-state index in [4.69, 9.17) is 4.74 Å². The van der Waals surface area contributed by atoms with Gasteiger partial charge in [0.05, 0.1) is 5.69 Å². The van der Waals surface area contributed by atoms with Crippen molar-refractivity contribution in [3.05, 3.63) is 35.9 Å². The van der Waals surface area contributed by atoms with Gasteiger partial charge >= 0.3 is 0 Å². The van der Waals surface area contributed by atoms with Crippen molar-refractivity contribution in [2.24, 2.45) is 0 Å². The van der Waals surface area contributed by atoms with E-state index in [0.717, 1.165) is 35.6 Å². The Bertz CT molecular complexity index is 572. The normalized spacial score (nSPS) is 10.6. The number of hydrogen-bond donors (Lipinski definition) is 1. The average molecular weight is 272 g/mol. The minimum absolute atomic E-state index is 0.397. The second-order valence-corrected chi connectivity index (χ2v) is 4.61. The fraction of sp³-hybridized carbons (Fsp3) is 0.400. The zero-order valence-corrected chi connectivity index (χ0v) is 12.2. The lowest BCUT2D eigenvalue weighted by atomic mass is 10.1. The van der Waals surface area contributed by atoms with Gasteiger partial charge in [-0.1, -0.05) is 6.92 Å². The molecule has 2 aromatic rings. The molecule has 0 saturated heterocycles. The zero-order chi connectivity index (χ0) is 14.4. The first kappa shape index (κ1) is 14.4. The first-order valence-electron chi connectivity index (χ1n) is 6.76. The van der Waals surface area contributed by atoms with Crippen LogP contribution in [-0.2, 0) is 11.3 Å². The van der Waals surface area contributed by atoms with Crippen LogP contribution in [0.4, 0.5) is 5.82 Å². The Balaban J connectivity index is 2.40. The van der Waals surface area contributed by atoms with Gasteiger partial charge in [0, 0.05) is 37.7 Å². The summed E-state index contributed by atoms with van der Waals surface area (Å²) in [6.45, 7) is 5.45. The maximum atomic E-state index is 5.14. The number of nitrogens with one attached hydrogen (secondary N) is 1. The van der Waals surface area contributed by atoms with Gasteiger partial charge in [0.15, 0.2) is 5.82 Å². The number of rotatable bonds is 6. The maximum absolute atomic E-state index is 5.14. The molecule has 2 aromatic heterocycles. The molecule has 0 atom stereocenters. The first-order chi connectivity index (χ1) is 9.74. The van der Waals surface area contributed by atoms with E-state index >= 15 is 0 Å². The molecule has 0 radical (unpaired) electrons. The van der Waals surface area contributed by atoms with E-state index in [1.807, 2.05) is 25.3 Å². The van der Waals surface area contributed by atoms with E-state index in [0.29, 0.717) is 12.4 Å². The van der Waals surface area contributed by atoms with Crippen LogP contribution in [0.5, 0.6) is 0 Å². The number of nitrogens with zero attached hydrogens (tertiary/aromatic N) is 3. The number of ether oxygens (including phenoxy) is 1. The molecule has 0 aliphatic carbocycles. The van der Waals surface area contributed by atoms with Crippen LogP contribution in [0.1, 0.15) is 24.7 Å². The molecule has 0 fully saturated rings. The molecule has 0 aliphatic rings. The highest BCUT2D eigenvalue weighted by Crippen LogP contribution is 2.22. The van der Waals surface area contributed by atoms with Crippen molar-refractivity contribution in [3.8, 4) is 11.3 Å². The Morgan fingerprint density at radius 3 is 2.85 bits per heavy atom. The van der Waals surface area contributed by atoms with Crippen LogP contribution in [0.15, 0.2) is 24.5 Å². The summed E-state index contributed by atoms with van der Waals surface area (Å²) >= 11 is 0. The van der Waals surface area contributed by atoms with Crippen LogP contribution in [0.2, 0.25) is 0 Å². The summed E-state index contributed by atoms with van der Waals surface area (Å²) < 4.78 is 5.14. The van der Waals surface area contributed by atoms with E-state index in [1.165, 1.54) is 0 Å². The van der Waals surface area contributed by atoms with E-state index in [2.05, 4.69) is 27.2 Å². The smallest absolute Gasteiger partial charge is 0.157 e. The standard InChI is InChI=1S/C15H20N4O/c1-4-6-17-14-8-13(18-15(19-14)10-20-3)12-9-16-7-5-11(12)2/h5,7-9H,4,6,10H2,1-3H3,(H,17,18,19). The molecular formula is C15H20N4O. The SMILES string of the molecule is CCCNc1cc(-c2cnccc2C)nc(COC)n1. The monoisotopic (exact) mass is 272 g/mol. The Hall–Kier alpha value is -2.01. The minimum Gasteiger partial charge on any atom is -0.377 e. The summed E-state index contributed by atoms with van der Waals surface area (Å²) in [6.07, 6.45) is 4.66. The second kappa shape index (κ2) is 6.96. The summed E-state index contributed by atoms with van der Waals surface area (Å²) in [5.41, 5.74) is 3.03. The molecule has 0 amide bonds. The van der Waals surface area contributed by atoms with Crippen LogP contribution < -0.4 is 5.32 Å². The quantitative estimate of drug-likeness (QED) is 0.876. The number of pyridine rings is 1. The first-order valence-corrected chi connectivity index (χ1v) is 6.76. The molecule has 0 spiro atoms. The van der Waals surface area contributed by atoms with Crippen LogP contribution in [0.25, 0.3) is 11.3 Å². The lowest BCUT2D eigenvalue weighted by Crippen LogP contribution is -2.07. The van der Waals surface area contributed by atoms with E-state index in [1.54, 1.807) is 13.3 Å². The van der Waals surface area contributed by atoms with Gasteiger partial charge in [0.1, 0.15) is 12.4 Å². The van der Waals surface area contributed by atoms with Crippen molar-refractivity contribution in [1.82, 2.24) is 15.0 Å². The van der Waals surface area contributed by atoms with Crippen molar-refractivity contribution < 1.29 is 4.74 Å². The van der Waals surface area contributed by atoms with E-state index in [9.17, 15) is 0 Å². The molecule has 20 heavy (non-hydrogen) atoms. The molecule has 1 N–H and O–H groups in total. The molecule has 5 heteroatoms. The number of hydrogen-bond acceptors (Lipinski definition) is 5. The lowest BCUT2D eigenvalue weighted by molar-refractivity contribution is 0.178. The summed E-state index contributed by atoms with van der Waals surface area (Å²) in [5.74, 6) is 1.50. The topological polar surface area (TPSA) is 59.9 Å². The third kappa shape index (κ3) is 3.51. The van der Waals surface area contributed by atoms with Gasteiger partial charge in [0.2, 0.25) is 0 Å². The van der Waals surface area contributed by atoms with Gasteiger partial charge < -0.3 is 10.1 Å². The van der Waals surface area contributed by atoms with Crippen molar-refractivity contribution in [3.63, 3.8) is 0 Å². The predicted molar refractivity (Wildman–Crippen MR) is 79.5 cm³/mol. The Morgan fingerprint density at radius 2 is 2.15 bits per heavy atom. The van der Waals surface area contributed by atoms with Gasteiger partial charge in [0.25, 0.3) is 0 Å². The highest BCUT2D eigenvalue weighted by Gasteiger charge is 2.08. The molecular weight excluding hydrogens is 252 g/mol. The van der Waals surface area contributed by atoms with Gasteiger partial charge in [-0.15, -0.1) is 0 Å². The van der Waals surface area contributed by atoms with Crippen molar-refractivity contribution in [2.45, 2.75) is 26.9 Å². The van der Waals surface area contributed by atoms with E-state index in [-0.39, 0.29) is 0 Å². The van der Waals surface area contributed by atoms with Gasteiger partial charge in [-0.2, -0.15) is 0 Å². The predicted octanol–water partition coefficient (Wildman–Crippen LogP) is 2.82. The Kier molecular flexibility index (Phi) is 5.01. The molecule has 2 heterocycles. The lowest BCUT2D eigenvalue weighted by Gasteiger charge is -2.10. The molecule has 0 saturated carbocycles. The molecule has 0 aliphatic heterocycles. The van der Waals surface area contributed by atoms with Gasteiger partial charge in [-0.25, -0.2) is 9.97 Å². The Morgan fingerprint density at radius 1 is 1.30 bits per heavy atom. The molecule has 0 aromatic carbocycles. The number of anilines is 1. The zero-order valence-electron chi connectivity index (χ0n) is 12.2. The average Bonchev–Trinajstić information content (AvgIpc) is 2.46.